The minimum absolute atomic E-state index is 0.0917. The van der Waals surface area contributed by atoms with Crippen molar-refractivity contribution in [2.75, 3.05) is 5.01 Å². The fourth-order valence-electron chi connectivity index (χ4n) is 3.25. The first-order valence-corrected chi connectivity index (χ1v) is 9.33. The van der Waals surface area contributed by atoms with Crippen LogP contribution in [0, 0.1) is 10.1 Å². The van der Waals surface area contributed by atoms with Crippen molar-refractivity contribution in [1.29, 1.82) is 0 Å². The van der Waals surface area contributed by atoms with Gasteiger partial charge in [0.05, 0.1) is 22.4 Å². The van der Waals surface area contributed by atoms with Gasteiger partial charge in [0.2, 0.25) is 0 Å². The van der Waals surface area contributed by atoms with Gasteiger partial charge in [0.15, 0.2) is 0 Å². The number of hydrazone groups is 1. The maximum atomic E-state index is 11.2. The number of halogens is 1. The minimum Gasteiger partial charge on any atom is -0.258 e. The molecule has 3 aromatic rings. The summed E-state index contributed by atoms with van der Waals surface area (Å²) in [7, 11) is 0. The standard InChI is InChI=1S/C21H16BrN3O2/c22-17-11-9-15(10-12-17)20-14-21(16-5-4-8-19(13-16)25(26)27)24(23-20)18-6-2-1-3-7-18/h1-13,21H,14H2/t21-/m1/s1. The molecule has 4 rings (SSSR count). The highest BCUT2D eigenvalue weighted by atomic mass is 79.9. The third kappa shape index (κ3) is 3.61. The number of nitro groups is 1. The SMILES string of the molecule is O=[N+]([O-])c1cccc([C@H]2CC(c3ccc(Br)cc3)=NN2c2ccccc2)c1. The maximum absolute atomic E-state index is 11.2. The maximum Gasteiger partial charge on any atom is 0.269 e. The quantitative estimate of drug-likeness (QED) is 0.400. The molecule has 0 amide bonds. The molecule has 0 fully saturated rings. The van der Waals surface area contributed by atoms with Crippen LogP contribution < -0.4 is 5.01 Å². The fraction of sp³-hybridized carbons (Fsp3) is 0.0952. The van der Waals surface area contributed by atoms with Crippen LogP contribution >= 0.6 is 15.9 Å². The highest BCUT2D eigenvalue weighted by Gasteiger charge is 2.30. The summed E-state index contributed by atoms with van der Waals surface area (Å²) in [6.45, 7) is 0. The lowest BCUT2D eigenvalue weighted by Gasteiger charge is -2.23. The summed E-state index contributed by atoms with van der Waals surface area (Å²) in [5.74, 6) is 0. The highest BCUT2D eigenvalue weighted by Crippen LogP contribution is 2.37. The van der Waals surface area contributed by atoms with E-state index in [1.165, 1.54) is 6.07 Å². The number of benzene rings is 3. The topological polar surface area (TPSA) is 58.7 Å². The third-order valence-electron chi connectivity index (χ3n) is 4.57. The van der Waals surface area contributed by atoms with Crippen LogP contribution in [0.5, 0.6) is 0 Å². The zero-order valence-corrected chi connectivity index (χ0v) is 15.9. The summed E-state index contributed by atoms with van der Waals surface area (Å²) in [5.41, 5.74) is 3.94. The molecule has 3 aromatic carbocycles. The van der Waals surface area contributed by atoms with Gasteiger partial charge in [-0.05, 0) is 35.4 Å². The second-order valence-corrected chi connectivity index (χ2v) is 7.22. The van der Waals surface area contributed by atoms with Crippen molar-refractivity contribution in [1.82, 2.24) is 0 Å². The lowest BCUT2D eigenvalue weighted by Crippen LogP contribution is -2.18. The highest BCUT2D eigenvalue weighted by molar-refractivity contribution is 9.10. The van der Waals surface area contributed by atoms with Crippen LogP contribution in [-0.2, 0) is 0 Å². The van der Waals surface area contributed by atoms with Gasteiger partial charge in [-0.1, -0.05) is 58.4 Å². The van der Waals surface area contributed by atoms with E-state index in [4.69, 9.17) is 5.10 Å². The molecule has 1 heterocycles. The van der Waals surface area contributed by atoms with E-state index in [-0.39, 0.29) is 16.7 Å². The molecule has 0 aliphatic carbocycles. The van der Waals surface area contributed by atoms with E-state index in [0.717, 1.165) is 27.0 Å². The average Bonchev–Trinajstić information content (AvgIpc) is 3.15. The molecule has 0 spiro atoms. The molecule has 1 atom stereocenters. The van der Waals surface area contributed by atoms with Crippen LogP contribution in [0.3, 0.4) is 0 Å². The lowest BCUT2D eigenvalue weighted by molar-refractivity contribution is -0.384. The van der Waals surface area contributed by atoms with Crippen molar-refractivity contribution in [3.63, 3.8) is 0 Å². The van der Waals surface area contributed by atoms with Gasteiger partial charge in [0.1, 0.15) is 0 Å². The Kier molecular flexibility index (Phi) is 4.73. The van der Waals surface area contributed by atoms with E-state index in [1.807, 2.05) is 65.7 Å². The van der Waals surface area contributed by atoms with Gasteiger partial charge in [-0.3, -0.25) is 15.1 Å². The van der Waals surface area contributed by atoms with Crippen LogP contribution in [-0.4, -0.2) is 10.6 Å². The molecular formula is C21H16BrN3O2. The Labute approximate surface area is 165 Å². The summed E-state index contributed by atoms with van der Waals surface area (Å²) in [5, 5.41) is 18.0. The minimum atomic E-state index is -0.359. The monoisotopic (exact) mass is 421 g/mol. The molecule has 0 saturated carbocycles. The Hall–Kier alpha value is -2.99. The van der Waals surface area contributed by atoms with Gasteiger partial charge in [-0.15, -0.1) is 0 Å². The van der Waals surface area contributed by atoms with Gasteiger partial charge in [0.25, 0.3) is 5.69 Å². The summed E-state index contributed by atoms with van der Waals surface area (Å²) >= 11 is 3.46. The van der Waals surface area contributed by atoms with Crippen molar-refractivity contribution in [2.45, 2.75) is 12.5 Å². The van der Waals surface area contributed by atoms with Crippen molar-refractivity contribution >= 4 is 33.0 Å². The van der Waals surface area contributed by atoms with Crippen LogP contribution in [0.25, 0.3) is 0 Å². The molecule has 0 unspecified atom stereocenters. The molecule has 1 aliphatic rings. The van der Waals surface area contributed by atoms with Crippen LogP contribution in [0.1, 0.15) is 23.6 Å². The molecule has 0 N–H and O–H groups in total. The number of anilines is 1. The van der Waals surface area contributed by atoms with Crippen LogP contribution in [0.4, 0.5) is 11.4 Å². The van der Waals surface area contributed by atoms with Gasteiger partial charge in [-0.25, -0.2) is 0 Å². The summed E-state index contributed by atoms with van der Waals surface area (Å²) < 4.78 is 1.01. The number of para-hydroxylation sites is 1. The Morgan fingerprint density at radius 1 is 1.00 bits per heavy atom. The van der Waals surface area contributed by atoms with E-state index < -0.39 is 0 Å². The number of non-ortho nitro benzene ring substituents is 1. The summed E-state index contributed by atoms with van der Waals surface area (Å²) in [6, 6.07) is 24.6. The Bertz CT molecular complexity index is 1000. The molecule has 0 bridgehead atoms. The van der Waals surface area contributed by atoms with Gasteiger partial charge in [0, 0.05) is 23.0 Å². The summed E-state index contributed by atoms with van der Waals surface area (Å²) in [4.78, 5) is 10.8. The Morgan fingerprint density at radius 2 is 1.74 bits per heavy atom. The lowest BCUT2D eigenvalue weighted by atomic mass is 9.98. The first-order valence-electron chi connectivity index (χ1n) is 8.54. The smallest absolute Gasteiger partial charge is 0.258 e. The largest absolute Gasteiger partial charge is 0.269 e. The van der Waals surface area contributed by atoms with Gasteiger partial charge in [-0.2, -0.15) is 5.10 Å². The zero-order valence-electron chi connectivity index (χ0n) is 14.3. The number of hydrogen-bond acceptors (Lipinski definition) is 4. The van der Waals surface area contributed by atoms with E-state index in [9.17, 15) is 10.1 Å². The van der Waals surface area contributed by atoms with Crippen molar-refractivity contribution < 1.29 is 4.92 Å². The molecule has 5 nitrogen and oxygen atoms in total. The zero-order chi connectivity index (χ0) is 18.8. The Morgan fingerprint density at radius 3 is 2.44 bits per heavy atom. The van der Waals surface area contributed by atoms with E-state index >= 15 is 0 Å². The average molecular weight is 422 g/mol. The third-order valence-corrected chi connectivity index (χ3v) is 5.10. The number of nitro benzene ring substituents is 1. The van der Waals surface area contributed by atoms with Crippen molar-refractivity contribution in [3.8, 4) is 0 Å². The second-order valence-electron chi connectivity index (χ2n) is 6.31. The first kappa shape index (κ1) is 17.4. The second kappa shape index (κ2) is 7.32. The van der Waals surface area contributed by atoms with Gasteiger partial charge >= 0.3 is 0 Å². The molecule has 134 valence electrons. The number of hydrogen-bond donors (Lipinski definition) is 0. The van der Waals surface area contributed by atoms with E-state index in [1.54, 1.807) is 12.1 Å². The van der Waals surface area contributed by atoms with Crippen molar-refractivity contribution in [2.24, 2.45) is 5.10 Å². The molecule has 1 aliphatic heterocycles. The normalized spacial score (nSPS) is 16.3. The first-order chi connectivity index (χ1) is 13.1. The predicted octanol–water partition coefficient (Wildman–Crippen LogP) is 5.71. The molecule has 0 saturated heterocycles. The molecule has 6 heteroatoms. The van der Waals surface area contributed by atoms with Crippen LogP contribution in [0.2, 0.25) is 0 Å². The fourth-order valence-corrected chi connectivity index (χ4v) is 3.52. The molecule has 27 heavy (non-hydrogen) atoms. The van der Waals surface area contributed by atoms with Crippen molar-refractivity contribution in [3.05, 3.63) is 105 Å². The van der Waals surface area contributed by atoms with Crippen LogP contribution in [0.15, 0.2) is 88.4 Å². The predicted molar refractivity (Wildman–Crippen MR) is 110 cm³/mol. The molecule has 0 radical (unpaired) electrons. The number of nitrogens with zero attached hydrogens (tertiary/aromatic N) is 3. The summed E-state index contributed by atoms with van der Waals surface area (Å²) in [6.07, 6.45) is 0.678. The molecule has 0 aromatic heterocycles. The molecular weight excluding hydrogens is 406 g/mol. The van der Waals surface area contributed by atoms with E-state index in [0.29, 0.717) is 6.42 Å². The Balaban J connectivity index is 1.75. The number of rotatable bonds is 4. The van der Waals surface area contributed by atoms with E-state index in [2.05, 4.69) is 15.9 Å². The van der Waals surface area contributed by atoms with Gasteiger partial charge < -0.3 is 0 Å².